The minimum atomic E-state index is -0.868. The summed E-state index contributed by atoms with van der Waals surface area (Å²) in [6, 6.07) is -0.392. The molecule has 0 saturated carbocycles. The number of unbranched alkanes of at least 4 members (excludes halogenated alkanes) is 20. The van der Waals surface area contributed by atoms with Crippen LogP contribution in [0.4, 0.5) is 0 Å². The molecule has 0 saturated heterocycles. The molecule has 0 radical (unpaired) electrons. The van der Waals surface area contributed by atoms with E-state index in [4.69, 9.17) is 0 Å². The Hall–Kier alpha value is 1.07. The number of nitrogens with zero attached hydrogens (tertiary/aromatic N) is 1. The number of carboxylic acids is 1. The molecule has 0 aliphatic heterocycles. The molecule has 0 aliphatic rings. The average molecular weight is 520 g/mol. The van der Waals surface area contributed by atoms with Crippen molar-refractivity contribution in [3.8, 4) is 0 Å². The molecule has 0 aromatic heterocycles. The van der Waals surface area contributed by atoms with Crippen LogP contribution in [0.5, 0.6) is 0 Å². The van der Waals surface area contributed by atoms with E-state index in [1.54, 1.807) is 0 Å². The molecule has 1 atom stereocenters. The normalized spacial score (nSPS) is 12.1. The number of carbonyl (C=O) groups excluding carboxylic acids is 1. The molecule has 1 unspecified atom stereocenters. The number of hydrogen-bond acceptors (Lipinski definition) is 3. The van der Waals surface area contributed by atoms with Crippen molar-refractivity contribution < 1.29 is 61.3 Å². The van der Waals surface area contributed by atoms with Crippen LogP contribution in [0, 0.1) is 0 Å². The molecule has 35 heavy (non-hydrogen) atoms. The molecule has 0 bridgehead atoms. The van der Waals surface area contributed by atoms with Gasteiger partial charge in [0, 0.05) is 6.04 Å². The second-order valence-corrected chi connectivity index (χ2v) is 10.7. The van der Waals surface area contributed by atoms with Crippen molar-refractivity contribution in [3.05, 3.63) is 0 Å². The summed E-state index contributed by atoms with van der Waals surface area (Å²) < 4.78 is 0. The van der Waals surface area contributed by atoms with Crippen LogP contribution in [0.15, 0.2) is 0 Å². The molecule has 0 spiro atoms. The van der Waals surface area contributed by atoms with Gasteiger partial charge in [-0.3, -0.25) is 4.90 Å². The molecule has 3 nitrogen and oxygen atoms in total. The molecular formula is C31H62KNO2. The zero-order chi connectivity index (χ0) is 25.1. The molecule has 0 fully saturated rings. The van der Waals surface area contributed by atoms with Crippen molar-refractivity contribution in [2.45, 2.75) is 181 Å². The predicted molar refractivity (Wildman–Crippen MR) is 148 cm³/mol. The van der Waals surface area contributed by atoms with Gasteiger partial charge in [0.25, 0.3) is 0 Å². The molecule has 0 heterocycles. The fraction of sp³-hybridized carbons (Fsp3) is 0.968. The molecule has 4 heteroatoms. The van der Waals surface area contributed by atoms with E-state index < -0.39 is 12.0 Å². The summed E-state index contributed by atoms with van der Waals surface area (Å²) in [7, 11) is 0. The Bertz CT molecular complexity index is 393. The van der Waals surface area contributed by atoms with Crippen LogP contribution in [0.3, 0.4) is 0 Å². The van der Waals surface area contributed by atoms with Gasteiger partial charge in [0.05, 0.1) is 5.97 Å². The fourth-order valence-corrected chi connectivity index (χ4v) is 5.10. The van der Waals surface area contributed by atoms with Gasteiger partial charge in [-0.05, 0) is 32.4 Å². The molecule has 0 aromatic carbocycles. The van der Waals surface area contributed by atoms with E-state index in [9.17, 15) is 9.90 Å². The van der Waals surface area contributed by atoms with Gasteiger partial charge in [0.15, 0.2) is 0 Å². The Morgan fingerprint density at radius 3 is 1.06 bits per heavy atom. The number of aliphatic carboxylic acids is 1. The fourth-order valence-electron chi connectivity index (χ4n) is 5.10. The summed E-state index contributed by atoms with van der Waals surface area (Å²) in [5.41, 5.74) is 0. The number of hydrogen-bond donors (Lipinski definition) is 0. The standard InChI is InChI=1S/C31H63NO2.K/c1-4-7-9-11-13-15-17-19-21-23-25-28-32(30(27-6-3)31(33)34)29-26-24-22-20-18-16-14-12-10-8-5-2;/h30H,4-29H2,1-3H3,(H,33,34);/q;+1/p-1. The first-order valence-corrected chi connectivity index (χ1v) is 15.6. The summed E-state index contributed by atoms with van der Waals surface area (Å²) >= 11 is 0. The molecule has 0 rings (SSSR count). The molecule has 0 N–H and O–H groups in total. The van der Waals surface area contributed by atoms with Gasteiger partial charge in [-0.1, -0.05) is 156 Å². The third-order valence-corrected chi connectivity index (χ3v) is 7.37. The third kappa shape index (κ3) is 26.5. The van der Waals surface area contributed by atoms with Gasteiger partial charge in [0.2, 0.25) is 0 Å². The van der Waals surface area contributed by atoms with Crippen molar-refractivity contribution >= 4 is 5.97 Å². The maximum Gasteiger partial charge on any atom is 1.00 e. The quantitative estimate of drug-likeness (QED) is 0.0964. The first kappa shape index (κ1) is 38.2. The van der Waals surface area contributed by atoms with Gasteiger partial charge in [-0.2, -0.15) is 0 Å². The van der Waals surface area contributed by atoms with Gasteiger partial charge < -0.3 is 9.90 Å². The smallest absolute Gasteiger partial charge is 0.548 e. The van der Waals surface area contributed by atoms with Crippen molar-refractivity contribution in [1.29, 1.82) is 0 Å². The monoisotopic (exact) mass is 519 g/mol. The molecular weight excluding hydrogens is 457 g/mol. The van der Waals surface area contributed by atoms with Crippen LogP contribution in [-0.2, 0) is 4.79 Å². The molecule has 204 valence electrons. The third-order valence-electron chi connectivity index (χ3n) is 7.37. The zero-order valence-electron chi connectivity index (χ0n) is 24.7. The van der Waals surface area contributed by atoms with Crippen LogP contribution < -0.4 is 56.5 Å². The Labute approximate surface area is 263 Å². The van der Waals surface area contributed by atoms with Crippen LogP contribution >= 0.6 is 0 Å². The van der Waals surface area contributed by atoms with Crippen molar-refractivity contribution in [2.75, 3.05) is 13.1 Å². The Morgan fingerprint density at radius 1 is 0.514 bits per heavy atom. The Balaban J connectivity index is 0. The summed E-state index contributed by atoms with van der Waals surface area (Å²) in [5.74, 6) is -0.868. The topological polar surface area (TPSA) is 43.4 Å². The summed E-state index contributed by atoms with van der Waals surface area (Å²) in [5, 5.41) is 11.8. The number of carbonyl (C=O) groups is 1. The minimum Gasteiger partial charge on any atom is -0.548 e. The van der Waals surface area contributed by atoms with E-state index in [0.29, 0.717) is 0 Å². The Morgan fingerprint density at radius 2 is 0.800 bits per heavy atom. The van der Waals surface area contributed by atoms with Crippen LogP contribution in [-0.4, -0.2) is 30.0 Å². The predicted octanol–water partition coefficient (Wildman–Crippen LogP) is 5.83. The number of rotatable bonds is 28. The molecule has 0 aliphatic carbocycles. The second kappa shape index (κ2) is 31.3. The van der Waals surface area contributed by atoms with Gasteiger partial charge in [-0.25, -0.2) is 0 Å². The maximum absolute atomic E-state index is 11.8. The van der Waals surface area contributed by atoms with Crippen molar-refractivity contribution in [2.24, 2.45) is 0 Å². The largest absolute Gasteiger partial charge is 1.00 e. The summed E-state index contributed by atoms with van der Waals surface area (Å²) in [6.45, 7) is 8.48. The average Bonchev–Trinajstić information content (AvgIpc) is 2.83. The minimum absolute atomic E-state index is 0. The van der Waals surface area contributed by atoms with E-state index in [1.165, 1.54) is 128 Å². The van der Waals surface area contributed by atoms with Gasteiger partial charge >= 0.3 is 51.4 Å². The SMILES string of the molecule is CCCCCCCCCCCCCN(CCCCCCCCCCCCC)C(CCC)C(=O)[O-].[K+]. The molecule has 0 aromatic rings. The molecule has 0 amide bonds. The van der Waals surface area contributed by atoms with Crippen LogP contribution in [0.1, 0.15) is 175 Å². The van der Waals surface area contributed by atoms with E-state index in [2.05, 4.69) is 25.7 Å². The summed E-state index contributed by atoms with van der Waals surface area (Å²) in [4.78, 5) is 14.0. The second-order valence-electron chi connectivity index (χ2n) is 10.7. The Kier molecular flexibility index (Phi) is 34.2. The van der Waals surface area contributed by atoms with Crippen molar-refractivity contribution in [3.63, 3.8) is 0 Å². The zero-order valence-corrected chi connectivity index (χ0v) is 27.8. The van der Waals surface area contributed by atoms with Crippen LogP contribution in [0.25, 0.3) is 0 Å². The van der Waals surface area contributed by atoms with Crippen LogP contribution in [0.2, 0.25) is 0 Å². The number of carboxylic acid groups (broad SMARTS) is 1. The first-order valence-electron chi connectivity index (χ1n) is 15.6. The summed E-state index contributed by atoms with van der Waals surface area (Å²) in [6.07, 6.45) is 31.0. The van der Waals surface area contributed by atoms with Gasteiger partial charge in [0.1, 0.15) is 0 Å². The van der Waals surface area contributed by atoms with E-state index in [1.807, 2.05) is 0 Å². The van der Waals surface area contributed by atoms with Gasteiger partial charge in [-0.15, -0.1) is 0 Å². The van der Waals surface area contributed by atoms with Crippen molar-refractivity contribution in [1.82, 2.24) is 4.90 Å². The van der Waals surface area contributed by atoms with E-state index in [0.717, 1.165) is 38.8 Å². The van der Waals surface area contributed by atoms with E-state index in [-0.39, 0.29) is 51.4 Å². The maximum atomic E-state index is 11.8. The first-order chi connectivity index (χ1) is 16.7. The van der Waals surface area contributed by atoms with E-state index >= 15 is 0 Å².